The highest BCUT2D eigenvalue weighted by Gasteiger charge is 2.10. The largest absolute Gasteiger partial charge is 0.385 e. The average Bonchev–Trinajstić information content (AvgIpc) is 2.77. The number of hydrogen-bond donors (Lipinski definition) is 2. The van der Waals surface area contributed by atoms with Gasteiger partial charge in [-0.3, -0.25) is 4.79 Å². The lowest BCUT2D eigenvalue weighted by molar-refractivity contribution is 0.295. The van der Waals surface area contributed by atoms with Crippen LogP contribution in [0, 0.1) is 0 Å². The number of aromatic nitrogens is 2. The molecule has 5 nitrogen and oxygen atoms in total. The van der Waals surface area contributed by atoms with Gasteiger partial charge in [0, 0.05) is 47.8 Å². The molecule has 1 saturated heterocycles. The minimum Gasteiger partial charge on any atom is -0.385 e. The molecule has 29 heavy (non-hydrogen) atoms. The van der Waals surface area contributed by atoms with Gasteiger partial charge in [0.25, 0.3) is 5.56 Å². The normalized spacial score (nSPS) is 14.9. The van der Waals surface area contributed by atoms with Crippen molar-refractivity contribution in [3.63, 3.8) is 0 Å². The van der Waals surface area contributed by atoms with Crippen LogP contribution in [0.3, 0.4) is 0 Å². The SMILES string of the molecule is O=c1[nH]nc(-c2cccc(NCCCCCN3CCSCC3)c2)c2ccccc12. The van der Waals surface area contributed by atoms with E-state index in [1.807, 2.05) is 36.4 Å². The van der Waals surface area contributed by atoms with Crippen LogP contribution in [0.1, 0.15) is 19.3 Å². The molecule has 6 heteroatoms. The number of rotatable bonds is 8. The topological polar surface area (TPSA) is 61.0 Å². The van der Waals surface area contributed by atoms with Gasteiger partial charge in [-0.15, -0.1) is 0 Å². The van der Waals surface area contributed by atoms with E-state index in [1.54, 1.807) is 0 Å². The van der Waals surface area contributed by atoms with Gasteiger partial charge in [-0.25, -0.2) is 5.10 Å². The van der Waals surface area contributed by atoms with Crippen molar-refractivity contribution >= 4 is 28.2 Å². The van der Waals surface area contributed by atoms with Gasteiger partial charge in [0.15, 0.2) is 0 Å². The molecule has 0 aliphatic carbocycles. The maximum atomic E-state index is 12.0. The van der Waals surface area contributed by atoms with Gasteiger partial charge >= 0.3 is 0 Å². The molecule has 0 spiro atoms. The lowest BCUT2D eigenvalue weighted by Crippen LogP contribution is -2.33. The quantitative estimate of drug-likeness (QED) is 0.547. The van der Waals surface area contributed by atoms with E-state index in [1.165, 1.54) is 50.4 Å². The van der Waals surface area contributed by atoms with E-state index in [4.69, 9.17) is 0 Å². The summed E-state index contributed by atoms with van der Waals surface area (Å²) in [5.41, 5.74) is 2.75. The maximum Gasteiger partial charge on any atom is 0.272 e. The number of nitrogens with zero attached hydrogens (tertiary/aromatic N) is 2. The average molecular weight is 409 g/mol. The standard InChI is InChI=1S/C23H28N4OS/c28-23-21-10-3-2-9-20(21)22(25-26-23)18-7-6-8-19(17-18)24-11-4-1-5-12-27-13-15-29-16-14-27/h2-3,6-10,17,24H,1,4-5,11-16H2,(H,26,28). The Labute approximate surface area is 175 Å². The Hall–Kier alpha value is -2.31. The highest BCUT2D eigenvalue weighted by Crippen LogP contribution is 2.26. The van der Waals surface area contributed by atoms with Crippen molar-refractivity contribution in [1.29, 1.82) is 0 Å². The van der Waals surface area contributed by atoms with Crippen LogP contribution in [-0.4, -0.2) is 52.8 Å². The smallest absolute Gasteiger partial charge is 0.272 e. The lowest BCUT2D eigenvalue weighted by Gasteiger charge is -2.25. The highest BCUT2D eigenvalue weighted by molar-refractivity contribution is 7.99. The Kier molecular flexibility index (Phi) is 6.85. The van der Waals surface area contributed by atoms with Gasteiger partial charge in [-0.05, 0) is 37.6 Å². The van der Waals surface area contributed by atoms with E-state index < -0.39 is 0 Å². The van der Waals surface area contributed by atoms with Crippen molar-refractivity contribution in [1.82, 2.24) is 15.1 Å². The zero-order valence-electron chi connectivity index (χ0n) is 16.7. The molecule has 152 valence electrons. The Bertz CT molecular complexity index is 997. The summed E-state index contributed by atoms with van der Waals surface area (Å²) in [4.78, 5) is 14.6. The van der Waals surface area contributed by atoms with Crippen molar-refractivity contribution in [3.05, 3.63) is 58.9 Å². The third-order valence-corrected chi connectivity index (χ3v) is 6.36. The second kappa shape index (κ2) is 9.94. The number of aromatic amines is 1. The summed E-state index contributed by atoms with van der Waals surface area (Å²) in [6.07, 6.45) is 3.70. The highest BCUT2D eigenvalue weighted by atomic mass is 32.2. The molecule has 2 heterocycles. The molecule has 1 aliphatic heterocycles. The van der Waals surface area contributed by atoms with Crippen molar-refractivity contribution in [2.24, 2.45) is 0 Å². The van der Waals surface area contributed by atoms with E-state index in [-0.39, 0.29) is 5.56 Å². The first kappa shape index (κ1) is 20.0. The molecule has 2 aromatic carbocycles. The monoisotopic (exact) mass is 408 g/mol. The molecule has 0 amide bonds. The molecular formula is C23H28N4OS. The fourth-order valence-electron chi connectivity index (χ4n) is 3.81. The Morgan fingerprint density at radius 3 is 2.69 bits per heavy atom. The summed E-state index contributed by atoms with van der Waals surface area (Å²) in [5, 5.41) is 12.0. The van der Waals surface area contributed by atoms with Gasteiger partial charge in [0.05, 0.1) is 11.1 Å². The van der Waals surface area contributed by atoms with Crippen LogP contribution in [0.5, 0.6) is 0 Å². The molecule has 0 atom stereocenters. The van der Waals surface area contributed by atoms with Gasteiger partial charge in [0.2, 0.25) is 0 Å². The molecule has 1 aliphatic rings. The predicted molar refractivity (Wildman–Crippen MR) is 124 cm³/mol. The van der Waals surface area contributed by atoms with Gasteiger partial charge < -0.3 is 10.2 Å². The number of hydrogen-bond acceptors (Lipinski definition) is 5. The van der Waals surface area contributed by atoms with E-state index in [9.17, 15) is 4.79 Å². The molecule has 3 aromatic rings. The third kappa shape index (κ3) is 5.19. The van der Waals surface area contributed by atoms with Crippen LogP contribution < -0.4 is 10.9 Å². The first-order valence-corrected chi connectivity index (χ1v) is 11.6. The minimum absolute atomic E-state index is 0.151. The van der Waals surface area contributed by atoms with E-state index in [0.29, 0.717) is 5.39 Å². The first-order chi connectivity index (χ1) is 14.3. The van der Waals surface area contributed by atoms with Crippen LogP contribution in [0.15, 0.2) is 53.3 Å². The zero-order chi connectivity index (χ0) is 19.9. The van der Waals surface area contributed by atoms with Crippen molar-refractivity contribution < 1.29 is 0 Å². The van der Waals surface area contributed by atoms with Gasteiger partial charge in [0.1, 0.15) is 0 Å². The summed E-state index contributed by atoms with van der Waals surface area (Å²) in [5.74, 6) is 2.58. The van der Waals surface area contributed by atoms with E-state index >= 15 is 0 Å². The number of nitrogens with one attached hydrogen (secondary N) is 2. The molecule has 2 N–H and O–H groups in total. The number of anilines is 1. The Morgan fingerprint density at radius 1 is 1.00 bits per heavy atom. The maximum absolute atomic E-state index is 12.0. The molecule has 1 fully saturated rings. The third-order valence-electron chi connectivity index (χ3n) is 5.42. The summed E-state index contributed by atoms with van der Waals surface area (Å²) in [6, 6.07) is 15.9. The molecule has 0 unspecified atom stereocenters. The van der Waals surface area contributed by atoms with Crippen LogP contribution in [0.2, 0.25) is 0 Å². The fraction of sp³-hybridized carbons (Fsp3) is 0.391. The predicted octanol–water partition coefficient (Wildman–Crippen LogP) is 4.22. The number of benzene rings is 2. The number of fused-ring (bicyclic) bond motifs is 1. The molecule has 0 saturated carbocycles. The van der Waals surface area contributed by atoms with Gasteiger partial charge in [-0.1, -0.05) is 36.8 Å². The minimum atomic E-state index is -0.151. The first-order valence-electron chi connectivity index (χ1n) is 10.4. The molecular weight excluding hydrogens is 380 g/mol. The fourth-order valence-corrected chi connectivity index (χ4v) is 4.78. The van der Waals surface area contributed by atoms with E-state index in [2.05, 4.69) is 44.3 Å². The van der Waals surface area contributed by atoms with Crippen LogP contribution in [0.4, 0.5) is 5.69 Å². The zero-order valence-corrected chi connectivity index (χ0v) is 17.5. The number of H-pyrrole nitrogens is 1. The second-order valence-corrected chi connectivity index (χ2v) is 8.69. The Balaban J connectivity index is 1.32. The number of thioether (sulfide) groups is 1. The molecule has 0 radical (unpaired) electrons. The lowest BCUT2D eigenvalue weighted by atomic mass is 10.0. The molecule has 4 rings (SSSR count). The Morgan fingerprint density at radius 2 is 1.83 bits per heavy atom. The summed E-state index contributed by atoms with van der Waals surface area (Å²) in [7, 11) is 0. The molecule has 0 bridgehead atoms. The van der Waals surface area contributed by atoms with Crippen LogP contribution in [-0.2, 0) is 0 Å². The summed E-state index contributed by atoms with van der Waals surface area (Å²) in [6.45, 7) is 4.71. The van der Waals surface area contributed by atoms with E-state index in [0.717, 1.165) is 28.9 Å². The van der Waals surface area contributed by atoms with Gasteiger partial charge in [-0.2, -0.15) is 16.9 Å². The van der Waals surface area contributed by atoms with Crippen molar-refractivity contribution in [3.8, 4) is 11.3 Å². The summed E-state index contributed by atoms with van der Waals surface area (Å²) >= 11 is 2.07. The van der Waals surface area contributed by atoms with Crippen molar-refractivity contribution in [2.45, 2.75) is 19.3 Å². The second-order valence-electron chi connectivity index (χ2n) is 7.47. The molecule has 1 aromatic heterocycles. The van der Waals surface area contributed by atoms with Crippen molar-refractivity contribution in [2.75, 3.05) is 43.0 Å². The van der Waals surface area contributed by atoms with Crippen LogP contribution in [0.25, 0.3) is 22.0 Å². The summed E-state index contributed by atoms with van der Waals surface area (Å²) < 4.78 is 0. The number of unbranched alkanes of at least 4 members (excludes halogenated alkanes) is 2. The van der Waals surface area contributed by atoms with Crippen LogP contribution >= 0.6 is 11.8 Å².